The topological polar surface area (TPSA) is 98.3 Å². The van der Waals surface area contributed by atoms with Gasteiger partial charge in [0.25, 0.3) is 5.91 Å². The summed E-state index contributed by atoms with van der Waals surface area (Å²) in [5.74, 6) is 1.83. The van der Waals surface area contributed by atoms with Gasteiger partial charge in [-0.3, -0.25) is 9.78 Å². The van der Waals surface area contributed by atoms with E-state index in [1.54, 1.807) is 20.4 Å². The molecule has 0 saturated carbocycles. The minimum atomic E-state index is -0.237. The van der Waals surface area contributed by atoms with E-state index in [0.717, 1.165) is 49.3 Å². The zero-order chi connectivity index (χ0) is 29.9. The highest BCUT2D eigenvalue weighted by Crippen LogP contribution is 2.34. The zero-order valence-corrected chi connectivity index (χ0v) is 25.3. The van der Waals surface area contributed by atoms with E-state index in [9.17, 15) is 4.79 Å². The van der Waals surface area contributed by atoms with Gasteiger partial charge in [-0.25, -0.2) is 9.97 Å². The van der Waals surface area contributed by atoms with Gasteiger partial charge in [-0.2, -0.15) is 0 Å². The molecule has 0 atom stereocenters. The normalized spacial score (nSPS) is 11.1. The standard InChI is InChI=1S/C33H28ClN5O3S/c1-19-4-11-24-25(12-13-35-27(24)14-20-5-8-22(34)9-6-20)29(19)39-33(40)26-17-43-31-30(26)37-18-38-32(31)36-16-21-7-10-23(41-2)15-28(21)42-3/h4-13,15,17-18H,14,16H2,1-3H3,(H,39,40)(H,36,37,38). The Morgan fingerprint density at radius 3 is 2.58 bits per heavy atom. The third kappa shape index (κ3) is 5.82. The first kappa shape index (κ1) is 28.4. The molecular weight excluding hydrogens is 582 g/mol. The minimum absolute atomic E-state index is 0.237. The van der Waals surface area contributed by atoms with Crippen LogP contribution >= 0.6 is 22.9 Å². The lowest BCUT2D eigenvalue weighted by molar-refractivity contribution is 0.102. The lowest BCUT2D eigenvalue weighted by Gasteiger charge is -2.14. The molecule has 216 valence electrons. The molecule has 3 aromatic carbocycles. The van der Waals surface area contributed by atoms with Crippen LogP contribution in [0.4, 0.5) is 11.5 Å². The molecular formula is C33H28ClN5O3S. The van der Waals surface area contributed by atoms with Crippen molar-refractivity contribution in [2.45, 2.75) is 19.9 Å². The summed E-state index contributed by atoms with van der Waals surface area (Å²) >= 11 is 7.49. The molecule has 0 fully saturated rings. The fraction of sp³-hybridized carbons (Fsp3) is 0.152. The molecule has 10 heteroatoms. The molecule has 0 unspecified atom stereocenters. The number of nitrogens with one attached hydrogen (secondary N) is 2. The number of hydrogen-bond acceptors (Lipinski definition) is 8. The molecule has 6 rings (SSSR count). The van der Waals surface area contributed by atoms with Gasteiger partial charge in [-0.15, -0.1) is 11.3 Å². The van der Waals surface area contributed by atoms with Gasteiger partial charge in [0.1, 0.15) is 23.6 Å². The van der Waals surface area contributed by atoms with Crippen LogP contribution in [-0.4, -0.2) is 35.1 Å². The predicted octanol–water partition coefficient (Wildman–Crippen LogP) is 7.67. The fourth-order valence-electron chi connectivity index (χ4n) is 5.02. The van der Waals surface area contributed by atoms with Crippen LogP contribution in [0.2, 0.25) is 5.02 Å². The van der Waals surface area contributed by atoms with Crippen LogP contribution < -0.4 is 20.1 Å². The van der Waals surface area contributed by atoms with Crippen molar-refractivity contribution in [1.29, 1.82) is 0 Å². The van der Waals surface area contributed by atoms with Gasteiger partial charge in [0.15, 0.2) is 0 Å². The van der Waals surface area contributed by atoms with E-state index in [1.165, 1.54) is 17.7 Å². The molecule has 0 aliphatic carbocycles. The van der Waals surface area contributed by atoms with Gasteiger partial charge in [-0.1, -0.05) is 35.9 Å². The van der Waals surface area contributed by atoms with Crippen molar-refractivity contribution in [2.75, 3.05) is 24.9 Å². The van der Waals surface area contributed by atoms with E-state index < -0.39 is 0 Å². The van der Waals surface area contributed by atoms with Gasteiger partial charge >= 0.3 is 0 Å². The zero-order valence-electron chi connectivity index (χ0n) is 23.8. The summed E-state index contributed by atoms with van der Waals surface area (Å²) in [5.41, 5.74) is 5.75. The fourth-order valence-corrected chi connectivity index (χ4v) is 6.11. The Hall–Kier alpha value is -4.73. The number of carbonyl (C=O) groups is 1. The third-order valence-corrected chi connectivity index (χ3v) is 8.53. The maximum absolute atomic E-state index is 13.7. The summed E-state index contributed by atoms with van der Waals surface area (Å²) in [6.07, 6.45) is 3.90. The molecule has 0 aliphatic heterocycles. The van der Waals surface area contributed by atoms with Crippen LogP contribution in [0.5, 0.6) is 11.5 Å². The monoisotopic (exact) mass is 609 g/mol. The van der Waals surface area contributed by atoms with Crippen molar-refractivity contribution in [3.63, 3.8) is 0 Å². The molecule has 43 heavy (non-hydrogen) atoms. The Morgan fingerprint density at radius 1 is 0.953 bits per heavy atom. The molecule has 0 radical (unpaired) electrons. The number of ether oxygens (including phenoxy) is 2. The SMILES string of the molecule is COc1ccc(CNc2ncnc3c(C(=O)Nc4c(C)ccc5c(Cc6ccc(Cl)cc6)nccc45)csc23)c(OC)c1. The van der Waals surface area contributed by atoms with Gasteiger partial charge in [0, 0.05) is 52.0 Å². The van der Waals surface area contributed by atoms with Gasteiger partial charge in [-0.05, 0) is 48.4 Å². The lowest BCUT2D eigenvalue weighted by Crippen LogP contribution is -2.13. The van der Waals surface area contributed by atoms with Crippen LogP contribution in [0.25, 0.3) is 21.0 Å². The summed E-state index contributed by atoms with van der Waals surface area (Å²) in [6.45, 7) is 2.46. The first-order chi connectivity index (χ1) is 20.9. The van der Waals surface area contributed by atoms with Crippen LogP contribution in [0.15, 0.2) is 78.6 Å². The molecule has 0 bridgehead atoms. The van der Waals surface area contributed by atoms with Crippen molar-refractivity contribution in [1.82, 2.24) is 15.0 Å². The summed E-state index contributed by atoms with van der Waals surface area (Å²) in [7, 11) is 3.24. The largest absolute Gasteiger partial charge is 0.497 e. The molecule has 3 aromatic heterocycles. The number of rotatable bonds is 9. The Morgan fingerprint density at radius 2 is 1.79 bits per heavy atom. The number of amides is 1. The number of pyridine rings is 1. The van der Waals surface area contributed by atoms with Gasteiger partial charge in [0.05, 0.1) is 41.4 Å². The van der Waals surface area contributed by atoms with E-state index in [1.807, 2.05) is 66.9 Å². The molecule has 6 aromatic rings. The Balaban J connectivity index is 1.26. The number of anilines is 2. The molecule has 0 saturated heterocycles. The summed E-state index contributed by atoms with van der Waals surface area (Å²) in [5, 5.41) is 11.0. The van der Waals surface area contributed by atoms with Crippen molar-refractivity contribution in [3.05, 3.63) is 112 Å². The van der Waals surface area contributed by atoms with Crippen LogP contribution in [0.1, 0.15) is 32.7 Å². The highest BCUT2D eigenvalue weighted by molar-refractivity contribution is 7.18. The Bertz CT molecular complexity index is 1960. The van der Waals surface area contributed by atoms with Crippen LogP contribution in [0.3, 0.4) is 0 Å². The number of methoxy groups -OCH3 is 2. The van der Waals surface area contributed by atoms with Crippen molar-refractivity contribution in [2.24, 2.45) is 0 Å². The molecule has 0 spiro atoms. The Labute approximate surface area is 257 Å². The lowest BCUT2D eigenvalue weighted by atomic mass is 10.00. The van der Waals surface area contributed by atoms with Crippen molar-refractivity contribution < 1.29 is 14.3 Å². The molecule has 2 N–H and O–H groups in total. The highest BCUT2D eigenvalue weighted by atomic mass is 35.5. The molecule has 0 aliphatic rings. The number of fused-ring (bicyclic) bond motifs is 2. The van der Waals surface area contributed by atoms with E-state index >= 15 is 0 Å². The molecule has 8 nitrogen and oxygen atoms in total. The number of halogens is 1. The van der Waals surface area contributed by atoms with Gasteiger partial charge in [0.2, 0.25) is 0 Å². The smallest absolute Gasteiger partial charge is 0.258 e. The predicted molar refractivity (Wildman–Crippen MR) is 173 cm³/mol. The van der Waals surface area contributed by atoms with Crippen LogP contribution in [0, 0.1) is 6.92 Å². The van der Waals surface area contributed by atoms with E-state index in [4.69, 9.17) is 21.1 Å². The van der Waals surface area contributed by atoms with E-state index in [-0.39, 0.29) is 5.91 Å². The maximum Gasteiger partial charge on any atom is 0.258 e. The average molecular weight is 610 g/mol. The number of nitrogens with zero attached hydrogens (tertiary/aromatic N) is 3. The summed E-state index contributed by atoms with van der Waals surface area (Å²) < 4.78 is 11.6. The maximum atomic E-state index is 13.7. The molecule has 3 heterocycles. The average Bonchev–Trinajstić information content (AvgIpc) is 3.47. The summed E-state index contributed by atoms with van der Waals surface area (Å²) in [6, 6.07) is 19.4. The number of thiophene rings is 1. The number of aryl methyl sites for hydroxylation is 1. The number of benzene rings is 3. The summed E-state index contributed by atoms with van der Waals surface area (Å²) in [4.78, 5) is 27.3. The number of carbonyl (C=O) groups excluding carboxylic acids is 1. The van der Waals surface area contributed by atoms with Crippen LogP contribution in [-0.2, 0) is 13.0 Å². The van der Waals surface area contributed by atoms with E-state index in [2.05, 4.69) is 31.7 Å². The second-order valence-electron chi connectivity index (χ2n) is 9.95. The second kappa shape index (κ2) is 12.2. The first-order valence-corrected chi connectivity index (χ1v) is 14.8. The second-order valence-corrected chi connectivity index (χ2v) is 11.3. The highest BCUT2D eigenvalue weighted by Gasteiger charge is 2.19. The number of hydrogen-bond donors (Lipinski definition) is 2. The van der Waals surface area contributed by atoms with Crippen molar-refractivity contribution in [3.8, 4) is 11.5 Å². The third-order valence-electron chi connectivity index (χ3n) is 7.30. The minimum Gasteiger partial charge on any atom is -0.497 e. The number of aromatic nitrogens is 3. The molecule has 1 amide bonds. The van der Waals surface area contributed by atoms with E-state index in [0.29, 0.717) is 40.6 Å². The quantitative estimate of drug-likeness (QED) is 0.173. The first-order valence-electron chi connectivity index (χ1n) is 13.5. The Kier molecular flexibility index (Phi) is 8.09. The van der Waals surface area contributed by atoms with Crippen molar-refractivity contribution >= 4 is 61.3 Å². The van der Waals surface area contributed by atoms with Gasteiger partial charge < -0.3 is 20.1 Å².